The summed E-state index contributed by atoms with van der Waals surface area (Å²) >= 11 is 0. The van der Waals surface area contributed by atoms with E-state index in [1.807, 2.05) is 0 Å². The van der Waals surface area contributed by atoms with Gasteiger partial charge in [-0.3, -0.25) is 4.57 Å². The Kier molecular flexibility index (Phi) is 4.12. The van der Waals surface area contributed by atoms with Crippen molar-refractivity contribution in [3.63, 3.8) is 0 Å². The highest BCUT2D eigenvalue weighted by Gasteiger charge is 2.25. The van der Waals surface area contributed by atoms with Gasteiger partial charge < -0.3 is 10.5 Å². The van der Waals surface area contributed by atoms with E-state index in [4.69, 9.17) is 10.5 Å². The maximum atomic E-state index is 13.0. The molecule has 0 aliphatic rings. The van der Waals surface area contributed by atoms with Gasteiger partial charge in [-0.25, -0.2) is 18.2 Å². The number of fused-ring (bicyclic) bond motifs is 1. The molecule has 0 saturated carbocycles. The summed E-state index contributed by atoms with van der Waals surface area (Å²) in [6.07, 6.45) is 1.50. The first-order valence-electron chi connectivity index (χ1n) is 7.16. The van der Waals surface area contributed by atoms with Crippen LogP contribution in [0.15, 0.2) is 52.3 Å². The lowest BCUT2D eigenvalue weighted by Gasteiger charge is -2.07. The Hall–Kier alpha value is -2.65. The second-order valence-electron chi connectivity index (χ2n) is 5.02. The first kappa shape index (κ1) is 16.2. The summed E-state index contributed by atoms with van der Waals surface area (Å²) in [6.45, 7) is 0.363. The van der Waals surface area contributed by atoms with Gasteiger partial charge in [-0.1, -0.05) is 6.07 Å². The van der Waals surface area contributed by atoms with Crippen LogP contribution >= 0.6 is 0 Å². The molecule has 2 aromatic heterocycles. The Labute approximate surface area is 138 Å². The average molecular weight is 348 g/mol. The van der Waals surface area contributed by atoms with Gasteiger partial charge in [0.1, 0.15) is 11.3 Å². The van der Waals surface area contributed by atoms with Crippen LogP contribution in [-0.4, -0.2) is 35.6 Å². The van der Waals surface area contributed by atoms with Crippen LogP contribution in [0.5, 0.6) is 5.75 Å². The number of rotatable bonds is 5. The molecule has 24 heavy (non-hydrogen) atoms. The van der Waals surface area contributed by atoms with Gasteiger partial charge in [0.25, 0.3) is 10.0 Å². The second-order valence-corrected chi connectivity index (χ2v) is 6.80. The molecule has 3 rings (SSSR count). The number of aromatic nitrogens is 3. The molecule has 0 saturated heterocycles. The zero-order valence-electron chi connectivity index (χ0n) is 12.9. The van der Waals surface area contributed by atoms with Crippen molar-refractivity contribution >= 4 is 21.2 Å². The smallest absolute Gasteiger partial charge is 0.344 e. The largest absolute Gasteiger partial charge is 0.497 e. The van der Waals surface area contributed by atoms with E-state index in [9.17, 15) is 13.2 Å². The Morgan fingerprint density at radius 2 is 2.04 bits per heavy atom. The zero-order valence-corrected chi connectivity index (χ0v) is 13.7. The molecule has 0 aliphatic carbocycles. The summed E-state index contributed by atoms with van der Waals surface area (Å²) in [5, 5.41) is 0. The fourth-order valence-corrected chi connectivity index (χ4v) is 3.92. The molecule has 0 aliphatic heterocycles. The van der Waals surface area contributed by atoms with Crippen molar-refractivity contribution in [3.8, 4) is 5.75 Å². The number of ether oxygens (including phenoxy) is 1. The van der Waals surface area contributed by atoms with Crippen molar-refractivity contribution in [2.75, 3.05) is 13.7 Å². The molecule has 8 nitrogen and oxygen atoms in total. The van der Waals surface area contributed by atoms with Gasteiger partial charge in [-0.2, -0.15) is 3.97 Å². The van der Waals surface area contributed by atoms with Crippen LogP contribution in [0.2, 0.25) is 0 Å². The molecule has 3 aromatic rings. The lowest BCUT2D eigenvalue weighted by atomic mass is 10.3. The van der Waals surface area contributed by atoms with Gasteiger partial charge in [0.2, 0.25) is 0 Å². The van der Waals surface area contributed by atoms with Crippen LogP contribution in [0.3, 0.4) is 0 Å². The summed E-state index contributed by atoms with van der Waals surface area (Å²) in [5.41, 5.74) is 5.31. The molecular weight excluding hydrogens is 332 g/mol. The van der Waals surface area contributed by atoms with Gasteiger partial charge in [-0.05, 0) is 24.3 Å². The van der Waals surface area contributed by atoms with Crippen molar-refractivity contribution < 1.29 is 13.2 Å². The fraction of sp³-hybridized carbons (Fsp3) is 0.200. The average Bonchev–Trinajstić information content (AvgIpc) is 2.88. The van der Waals surface area contributed by atoms with Crippen LogP contribution in [-0.2, 0) is 16.6 Å². The predicted molar refractivity (Wildman–Crippen MR) is 88.6 cm³/mol. The van der Waals surface area contributed by atoms with E-state index in [-0.39, 0.29) is 29.1 Å². The summed E-state index contributed by atoms with van der Waals surface area (Å²) in [4.78, 5) is 16.8. The quantitative estimate of drug-likeness (QED) is 0.715. The molecule has 0 amide bonds. The molecule has 9 heteroatoms. The number of hydrogen-bond acceptors (Lipinski definition) is 6. The summed E-state index contributed by atoms with van der Waals surface area (Å²) < 4.78 is 33.0. The number of hydrogen-bond donors (Lipinski definition) is 1. The lowest BCUT2D eigenvalue weighted by molar-refractivity contribution is 0.413. The molecule has 2 heterocycles. The van der Waals surface area contributed by atoms with Crippen molar-refractivity contribution in [3.05, 3.63) is 53.1 Å². The summed E-state index contributed by atoms with van der Waals surface area (Å²) in [6, 6.07) is 9.06. The molecule has 2 N–H and O–H groups in total. The van der Waals surface area contributed by atoms with Crippen LogP contribution in [0.25, 0.3) is 11.2 Å². The first-order valence-corrected chi connectivity index (χ1v) is 8.60. The van der Waals surface area contributed by atoms with E-state index < -0.39 is 15.7 Å². The topological polar surface area (TPSA) is 109 Å². The van der Waals surface area contributed by atoms with Crippen LogP contribution in [0.1, 0.15) is 0 Å². The van der Waals surface area contributed by atoms with Crippen molar-refractivity contribution in [1.29, 1.82) is 0 Å². The maximum absolute atomic E-state index is 13.0. The van der Waals surface area contributed by atoms with Crippen LogP contribution in [0, 0.1) is 0 Å². The van der Waals surface area contributed by atoms with Crippen molar-refractivity contribution in [2.45, 2.75) is 11.4 Å². The highest BCUT2D eigenvalue weighted by atomic mass is 32.2. The molecule has 0 atom stereocenters. The van der Waals surface area contributed by atoms with Gasteiger partial charge in [0.05, 0.1) is 12.0 Å². The number of pyridine rings is 1. The Morgan fingerprint density at radius 3 is 2.75 bits per heavy atom. The van der Waals surface area contributed by atoms with E-state index in [1.165, 1.54) is 36.1 Å². The zero-order chi connectivity index (χ0) is 17.3. The second kappa shape index (κ2) is 6.10. The Bertz CT molecular complexity index is 1050. The van der Waals surface area contributed by atoms with Gasteiger partial charge in [0.15, 0.2) is 5.65 Å². The highest BCUT2D eigenvalue weighted by molar-refractivity contribution is 7.90. The monoisotopic (exact) mass is 348 g/mol. The van der Waals surface area contributed by atoms with Gasteiger partial charge in [-0.15, -0.1) is 0 Å². The predicted octanol–water partition coefficient (Wildman–Crippen LogP) is 0.402. The van der Waals surface area contributed by atoms with E-state index in [1.54, 1.807) is 18.2 Å². The number of nitrogens with zero attached hydrogens (tertiary/aromatic N) is 3. The molecule has 0 radical (unpaired) electrons. The number of nitrogens with two attached hydrogens (primary N) is 1. The SMILES string of the molecule is COc1cccc(S(=O)(=O)n2c(=O)n(CCN)c3ncccc32)c1. The molecule has 0 bridgehead atoms. The minimum Gasteiger partial charge on any atom is -0.497 e. The molecular formula is C15H16N4O4S. The number of imidazole rings is 1. The normalized spacial score (nSPS) is 11.8. The maximum Gasteiger partial charge on any atom is 0.344 e. The third-order valence-corrected chi connectivity index (χ3v) is 5.26. The minimum absolute atomic E-state index is 0.0420. The number of methoxy groups -OCH3 is 1. The lowest BCUT2D eigenvalue weighted by Crippen LogP contribution is -2.31. The first-order chi connectivity index (χ1) is 11.5. The molecule has 1 aromatic carbocycles. The van der Waals surface area contributed by atoms with Crippen molar-refractivity contribution in [2.24, 2.45) is 5.73 Å². The highest BCUT2D eigenvalue weighted by Crippen LogP contribution is 2.21. The van der Waals surface area contributed by atoms with E-state index in [2.05, 4.69) is 4.98 Å². The van der Waals surface area contributed by atoms with Crippen molar-refractivity contribution in [1.82, 2.24) is 13.5 Å². The van der Waals surface area contributed by atoms with Crippen LogP contribution in [0.4, 0.5) is 0 Å². The van der Waals surface area contributed by atoms with Gasteiger partial charge >= 0.3 is 5.69 Å². The summed E-state index contributed by atoms with van der Waals surface area (Å²) in [5.74, 6) is 0.382. The van der Waals surface area contributed by atoms with E-state index >= 15 is 0 Å². The molecule has 0 unspecified atom stereocenters. The molecule has 126 valence electrons. The van der Waals surface area contributed by atoms with Gasteiger partial charge in [0, 0.05) is 25.4 Å². The van der Waals surface area contributed by atoms with E-state index in [0.717, 1.165) is 3.97 Å². The minimum atomic E-state index is -4.10. The number of benzene rings is 1. The Balaban J connectivity index is 2.32. The Morgan fingerprint density at radius 1 is 1.25 bits per heavy atom. The third kappa shape index (κ3) is 2.47. The third-order valence-electron chi connectivity index (χ3n) is 3.58. The standard InChI is InChI=1S/C15H16N4O4S/c1-23-11-4-2-5-12(10-11)24(21,22)19-13-6-3-8-17-14(13)18(9-7-16)15(19)20/h2-6,8,10H,7,9,16H2,1H3. The van der Waals surface area contributed by atoms with E-state index in [0.29, 0.717) is 5.75 Å². The van der Waals surface area contributed by atoms with Crippen LogP contribution < -0.4 is 16.2 Å². The molecule has 0 fully saturated rings. The fourth-order valence-electron chi connectivity index (χ4n) is 2.49. The summed E-state index contributed by atoms with van der Waals surface area (Å²) in [7, 11) is -2.66. The molecule has 0 spiro atoms.